The molecule has 0 aliphatic rings. The highest BCUT2D eigenvalue weighted by Crippen LogP contribution is 2.38. The van der Waals surface area contributed by atoms with E-state index in [0.29, 0.717) is 24.3 Å². The average Bonchev–Trinajstić information content (AvgIpc) is 3.36. The number of halogens is 3. The number of hydrogen-bond donors (Lipinski definition) is 1. The Morgan fingerprint density at radius 1 is 1.19 bits per heavy atom. The van der Waals surface area contributed by atoms with E-state index in [-0.39, 0.29) is 11.0 Å². The summed E-state index contributed by atoms with van der Waals surface area (Å²) in [5.41, 5.74) is 1.70. The molecule has 4 aromatic rings. The number of aliphatic hydroxyl groups excluding tert-OH is 1. The Morgan fingerprint density at radius 2 is 2.00 bits per heavy atom. The minimum absolute atomic E-state index is 0.0383. The first-order valence-electron chi connectivity index (χ1n) is 10.7. The number of benzene rings is 2. The minimum Gasteiger partial charge on any atom is -0.493 e. The molecular weight excluding hydrogens is 421 g/mol. The Morgan fingerprint density at radius 3 is 2.72 bits per heavy atom. The first kappa shape index (κ1) is 22.2. The number of hydrogen-bond acceptors (Lipinski definition) is 4. The maximum absolute atomic E-state index is 13.2. The van der Waals surface area contributed by atoms with E-state index in [1.807, 2.05) is 37.4 Å². The Balaban J connectivity index is 1.46. The summed E-state index contributed by atoms with van der Waals surface area (Å²) in [4.78, 5) is 0. The van der Waals surface area contributed by atoms with Crippen molar-refractivity contribution in [1.82, 2.24) is 9.72 Å². The van der Waals surface area contributed by atoms with Gasteiger partial charge in [-0.25, -0.2) is 0 Å². The number of aryl methyl sites for hydroxylation is 2. The molecule has 1 N–H and O–H groups in total. The number of nitrogens with zero attached hydrogens (tertiary/aromatic N) is 2. The number of rotatable bonds is 8. The van der Waals surface area contributed by atoms with Crippen LogP contribution in [0.1, 0.15) is 49.6 Å². The highest BCUT2D eigenvalue weighted by atomic mass is 19.4. The van der Waals surface area contributed by atoms with Crippen LogP contribution in [0, 0.1) is 0 Å². The molecule has 0 fully saturated rings. The van der Waals surface area contributed by atoms with Crippen LogP contribution < -0.4 is 4.74 Å². The van der Waals surface area contributed by atoms with Crippen LogP contribution in [0.3, 0.4) is 0 Å². The molecule has 0 aliphatic carbocycles. The van der Waals surface area contributed by atoms with Gasteiger partial charge < -0.3 is 18.9 Å². The Kier molecular flexibility index (Phi) is 6.15. The standard InChI is InChI=1S/C24H25F3N2O3/c1-3-5-18-21(9-7-19-22(18)32-28-23(19)24(25,26)27)31-13-4-11-29-12-10-17-14-16(15(2)30)6-8-20(17)29/h6-10,12,14-15,30H,3-5,11,13H2,1-2H3. The summed E-state index contributed by atoms with van der Waals surface area (Å²) in [6, 6.07) is 10.8. The molecule has 2 heterocycles. The molecule has 4 rings (SSSR count). The van der Waals surface area contributed by atoms with Gasteiger partial charge in [0.15, 0.2) is 11.3 Å². The number of alkyl halides is 3. The van der Waals surface area contributed by atoms with Crippen LogP contribution in [0.2, 0.25) is 0 Å². The van der Waals surface area contributed by atoms with Crippen molar-refractivity contribution in [3.05, 3.63) is 59.4 Å². The lowest BCUT2D eigenvalue weighted by Gasteiger charge is -2.12. The highest BCUT2D eigenvalue weighted by Gasteiger charge is 2.37. The summed E-state index contributed by atoms with van der Waals surface area (Å²) in [6.07, 6.45) is -1.09. The molecule has 170 valence electrons. The van der Waals surface area contributed by atoms with E-state index in [2.05, 4.69) is 9.72 Å². The SMILES string of the molecule is CCCc1c(OCCCn2ccc3cc(C(C)O)ccc32)ccc2c(C(F)(F)F)noc12. The molecule has 0 aliphatic heterocycles. The molecule has 1 unspecified atom stereocenters. The fraction of sp³-hybridized carbons (Fsp3) is 0.375. The van der Waals surface area contributed by atoms with Gasteiger partial charge in [0.1, 0.15) is 5.75 Å². The summed E-state index contributed by atoms with van der Waals surface area (Å²) in [7, 11) is 0. The molecule has 1 atom stereocenters. The average molecular weight is 446 g/mol. The van der Waals surface area contributed by atoms with Crippen LogP contribution in [0.5, 0.6) is 5.75 Å². The molecular formula is C24H25F3N2O3. The van der Waals surface area contributed by atoms with Gasteiger partial charge in [0.05, 0.1) is 18.1 Å². The van der Waals surface area contributed by atoms with Crippen molar-refractivity contribution in [2.24, 2.45) is 0 Å². The third-order valence-electron chi connectivity index (χ3n) is 5.55. The van der Waals surface area contributed by atoms with Crippen LogP contribution in [-0.2, 0) is 19.1 Å². The van der Waals surface area contributed by atoms with Crippen molar-refractivity contribution in [3.8, 4) is 5.75 Å². The van der Waals surface area contributed by atoms with Gasteiger partial charge >= 0.3 is 6.18 Å². The smallest absolute Gasteiger partial charge is 0.437 e. The van der Waals surface area contributed by atoms with Gasteiger partial charge in [-0.3, -0.25) is 0 Å². The second-order valence-electron chi connectivity index (χ2n) is 7.90. The molecule has 32 heavy (non-hydrogen) atoms. The van der Waals surface area contributed by atoms with Gasteiger partial charge in [0.2, 0.25) is 0 Å². The van der Waals surface area contributed by atoms with Crippen molar-refractivity contribution in [1.29, 1.82) is 0 Å². The van der Waals surface area contributed by atoms with Crippen LogP contribution in [0.15, 0.2) is 47.1 Å². The summed E-state index contributed by atoms with van der Waals surface area (Å²) in [6.45, 7) is 4.82. The van der Waals surface area contributed by atoms with Crippen LogP contribution in [0.25, 0.3) is 21.9 Å². The molecule has 5 nitrogen and oxygen atoms in total. The van der Waals surface area contributed by atoms with Crippen molar-refractivity contribution in [2.75, 3.05) is 6.61 Å². The second-order valence-corrected chi connectivity index (χ2v) is 7.90. The Labute approximate surface area is 183 Å². The molecule has 0 amide bonds. The minimum atomic E-state index is -4.56. The van der Waals surface area contributed by atoms with E-state index in [1.54, 1.807) is 13.0 Å². The van der Waals surface area contributed by atoms with E-state index in [1.165, 1.54) is 6.07 Å². The van der Waals surface area contributed by atoms with Crippen LogP contribution in [-0.4, -0.2) is 21.4 Å². The molecule has 2 aromatic carbocycles. The predicted molar refractivity (Wildman–Crippen MR) is 116 cm³/mol. The first-order valence-corrected chi connectivity index (χ1v) is 10.7. The fourth-order valence-electron chi connectivity index (χ4n) is 3.96. The van der Waals surface area contributed by atoms with Crippen LogP contribution >= 0.6 is 0 Å². The lowest BCUT2D eigenvalue weighted by Crippen LogP contribution is -2.06. The lowest BCUT2D eigenvalue weighted by molar-refractivity contribution is -0.141. The van der Waals surface area contributed by atoms with Gasteiger partial charge in [0.25, 0.3) is 0 Å². The van der Waals surface area contributed by atoms with E-state index < -0.39 is 18.0 Å². The fourth-order valence-corrected chi connectivity index (χ4v) is 3.96. The molecule has 0 saturated heterocycles. The molecule has 8 heteroatoms. The van der Waals surface area contributed by atoms with Gasteiger partial charge in [0, 0.05) is 23.8 Å². The molecule has 2 aromatic heterocycles. The second kappa shape index (κ2) is 8.86. The molecule has 0 spiro atoms. The largest absolute Gasteiger partial charge is 0.493 e. The zero-order chi connectivity index (χ0) is 22.9. The maximum Gasteiger partial charge on any atom is 0.437 e. The third kappa shape index (κ3) is 4.32. The molecule has 0 radical (unpaired) electrons. The Bertz CT molecular complexity index is 1220. The van der Waals surface area contributed by atoms with Crippen molar-refractivity contribution in [2.45, 2.75) is 51.9 Å². The van der Waals surface area contributed by atoms with Gasteiger partial charge in [-0.1, -0.05) is 24.6 Å². The maximum atomic E-state index is 13.2. The van der Waals surface area contributed by atoms with E-state index in [0.717, 1.165) is 35.9 Å². The van der Waals surface area contributed by atoms with Crippen molar-refractivity contribution < 1.29 is 27.5 Å². The normalized spacial score (nSPS) is 13.2. The topological polar surface area (TPSA) is 60.4 Å². The predicted octanol–water partition coefficient (Wildman–Crippen LogP) is 6.28. The lowest BCUT2D eigenvalue weighted by atomic mass is 10.0. The van der Waals surface area contributed by atoms with Crippen molar-refractivity contribution >= 4 is 21.9 Å². The summed E-state index contributed by atoms with van der Waals surface area (Å²) in [5, 5.41) is 14.0. The monoisotopic (exact) mass is 446 g/mol. The zero-order valence-electron chi connectivity index (χ0n) is 17.9. The quantitative estimate of drug-likeness (QED) is 0.324. The van der Waals surface area contributed by atoms with Gasteiger partial charge in [-0.2, -0.15) is 13.2 Å². The summed E-state index contributed by atoms with van der Waals surface area (Å²) in [5.74, 6) is 0.531. The highest BCUT2D eigenvalue weighted by molar-refractivity contribution is 5.85. The number of fused-ring (bicyclic) bond motifs is 2. The Hall–Kier alpha value is -3.00. The van der Waals surface area contributed by atoms with E-state index >= 15 is 0 Å². The summed E-state index contributed by atoms with van der Waals surface area (Å²) >= 11 is 0. The van der Waals surface area contributed by atoms with Crippen molar-refractivity contribution in [3.63, 3.8) is 0 Å². The number of ether oxygens (including phenoxy) is 1. The molecule has 0 bridgehead atoms. The summed E-state index contributed by atoms with van der Waals surface area (Å²) < 4.78 is 52.6. The van der Waals surface area contributed by atoms with Crippen LogP contribution in [0.4, 0.5) is 13.2 Å². The van der Waals surface area contributed by atoms with Gasteiger partial charge in [-0.05, 0) is 61.0 Å². The van der Waals surface area contributed by atoms with Gasteiger partial charge in [-0.15, -0.1) is 0 Å². The van der Waals surface area contributed by atoms with E-state index in [9.17, 15) is 18.3 Å². The zero-order valence-corrected chi connectivity index (χ0v) is 17.9. The molecule has 0 saturated carbocycles. The third-order valence-corrected chi connectivity index (χ3v) is 5.55. The number of aliphatic hydroxyl groups is 1. The number of aromatic nitrogens is 2. The van der Waals surface area contributed by atoms with E-state index in [4.69, 9.17) is 9.26 Å². The first-order chi connectivity index (χ1) is 15.3.